The van der Waals surface area contributed by atoms with Gasteiger partial charge >= 0.3 is 0 Å². The van der Waals surface area contributed by atoms with Gasteiger partial charge in [-0.05, 0) is 26.9 Å². The third-order valence-corrected chi connectivity index (χ3v) is 4.67. The molecule has 1 heterocycles. The Bertz CT molecular complexity index is 490. The van der Waals surface area contributed by atoms with Gasteiger partial charge in [-0.15, -0.1) is 11.3 Å². The van der Waals surface area contributed by atoms with Crippen LogP contribution in [0.25, 0.3) is 10.1 Å². The van der Waals surface area contributed by atoms with Gasteiger partial charge in [0.2, 0.25) is 0 Å². The molecule has 72 valence electrons. The highest BCUT2D eigenvalue weighted by Crippen LogP contribution is 2.37. The van der Waals surface area contributed by atoms with Crippen LogP contribution in [-0.2, 0) is 5.33 Å². The van der Waals surface area contributed by atoms with Crippen molar-refractivity contribution < 1.29 is 4.79 Å². The largest absolute Gasteiger partial charge is 0.298 e. The second-order valence-corrected chi connectivity index (χ2v) is 5.73. The number of benzene rings is 1. The van der Waals surface area contributed by atoms with Crippen molar-refractivity contribution in [1.29, 1.82) is 0 Å². The Balaban J connectivity index is 2.85. The molecule has 2 aromatic rings. The van der Waals surface area contributed by atoms with Gasteiger partial charge in [0.15, 0.2) is 6.29 Å². The fourth-order valence-corrected chi connectivity index (χ4v) is 4.38. The first-order chi connectivity index (χ1) is 6.77. The van der Waals surface area contributed by atoms with Crippen LogP contribution in [0.3, 0.4) is 0 Å². The monoisotopic (exact) mass is 332 g/mol. The number of hydrogen-bond donors (Lipinski definition) is 0. The summed E-state index contributed by atoms with van der Waals surface area (Å²) in [6, 6.07) is 5.80. The van der Waals surface area contributed by atoms with E-state index in [1.807, 2.05) is 18.2 Å². The molecule has 0 atom stereocenters. The molecular weight excluding hydrogens is 328 g/mol. The Hall–Kier alpha value is -0.190. The second kappa shape index (κ2) is 4.13. The van der Waals surface area contributed by atoms with E-state index in [0.29, 0.717) is 0 Å². The number of thiophene rings is 1. The van der Waals surface area contributed by atoms with Crippen LogP contribution in [0.4, 0.5) is 0 Å². The summed E-state index contributed by atoms with van der Waals surface area (Å²) in [5, 5.41) is 1.96. The van der Waals surface area contributed by atoms with E-state index in [-0.39, 0.29) is 0 Å². The molecule has 0 unspecified atom stereocenters. The first-order valence-corrected chi connectivity index (χ1v) is 6.72. The van der Waals surface area contributed by atoms with Gasteiger partial charge in [-0.2, -0.15) is 0 Å². The minimum atomic E-state index is 0.764. The van der Waals surface area contributed by atoms with Gasteiger partial charge in [0.25, 0.3) is 0 Å². The van der Waals surface area contributed by atoms with Crippen molar-refractivity contribution >= 4 is 59.6 Å². The van der Waals surface area contributed by atoms with Gasteiger partial charge in [-0.25, -0.2) is 0 Å². The maximum Gasteiger partial charge on any atom is 0.151 e. The standard InChI is InChI=1S/C10H6Br2OS/c11-4-8-7-3-1-2-6(5-13)9(7)14-10(8)12/h1-3,5H,4H2. The molecule has 0 fully saturated rings. The average Bonchev–Trinajstić information content (AvgIpc) is 2.52. The number of fused-ring (bicyclic) bond motifs is 1. The number of carbonyl (C=O) groups excluding carboxylic acids is 1. The van der Waals surface area contributed by atoms with Crippen molar-refractivity contribution in [2.24, 2.45) is 0 Å². The zero-order valence-electron chi connectivity index (χ0n) is 7.09. The molecule has 4 heteroatoms. The van der Waals surface area contributed by atoms with Gasteiger partial charge in [0, 0.05) is 15.6 Å². The van der Waals surface area contributed by atoms with Crippen LogP contribution in [0, 0.1) is 0 Å². The van der Waals surface area contributed by atoms with Crippen molar-refractivity contribution in [3.05, 3.63) is 33.1 Å². The smallest absolute Gasteiger partial charge is 0.151 e. The summed E-state index contributed by atoms with van der Waals surface area (Å²) in [5.74, 6) is 0. The molecule has 0 bridgehead atoms. The van der Waals surface area contributed by atoms with Gasteiger partial charge in [0.1, 0.15) is 0 Å². The minimum absolute atomic E-state index is 0.764. The van der Waals surface area contributed by atoms with Crippen LogP contribution in [0.15, 0.2) is 22.0 Å². The van der Waals surface area contributed by atoms with Gasteiger partial charge in [-0.1, -0.05) is 34.1 Å². The average molecular weight is 334 g/mol. The fraction of sp³-hybridized carbons (Fsp3) is 0.100. The topological polar surface area (TPSA) is 17.1 Å². The first-order valence-electron chi connectivity index (χ1n) is 3.99. The molecule has 1 nitrogen and oxygen atoms in total. The van der Waals surface area contributed by atoms with Crippen LogP contribution in [-0.4, -0.2) is 6.29 Å². The van der Waals surface area contributed by atoms with E-state index in [2.05, 4.69) is 31.9 Å². The van der Waals surface area contributed by atoms with Crippen LogP contribution >= 0.6 is 43.2 Å². The van der Waals surface area contributed by atoms with E-state index in [4.69, 9.17) is 0 Å². The number of alkyl halides is 1. The number of carbonyl (C=O) groups is 1. The molecule has 0 N–H and O–H groups in total. The van der Waals surface area contributed by atoms with E-state index >= 15 is 0 Å². The highest BCUT2D eigenvalue weighted by molar-refractivity contribution is 9.11. The lowest BCUT2D eigenvalue weighted by molar-refractivity contribution is 0.112. The molecule has 2 rings (SSSR count). The van der Waals surface area contributed by atoms with E-state index in [9.17, 15) is 4.79 Å². The molecule has 0 saturated heterocycles. The number of halogens is 2. The van der Waals surface area contributed by atoms with E-state index in [1.54, 1.807) is 11.3 Å². The molecule has 1 aromatic heterocycles. The van der Waals surface area contributed by atoms with Crippen molar-refractivity contribution in [3.63, 3.8) is 0 Å². The van der Waals surface area contributed by atoms with Crippen LogP contribution < -0.4 is 0 Å². The van der Waals surface area contributed by atoms with Crippen molar-refractivity contribution in [2.75, 3.05) is 0 Å². The Morgan fingerprint density at radius 2 is 2.21 bits per heavy atom. The lowest BCUT2D eigenvalue weighted by atomic mass is 10.1. The zero-order chi connectivity index (χ0) is 10.1. The van der Waals surface area contributed by atoms with Crippen molar-refractivity contribution in [3.8, 4) is 0 Å². The quantitative estimate of drug-likeness (QED) is 0.589. The molecule has 0 spiro atoms. The SMILES string of the molecule is O=Cc1cccc2c(CBr)c(Br)sc12. The van der Waals surface area contributed by atoms with Crippen molar-refractivity contribution in [1.82, 2.24) is 0 Å². The maximum atomic E-state index is 10.8. The highest BCUT2D eigenvalue weighted by Gasteiger charge is 2.11. The molecule has 0 aliphatic rings. The van der Waals surface area contributed by atoms with E-state index in [0.717, 1.165) is 31.1 Å². The van der Waals surface area contributed by atoms with Crippen LogP contribution in [0.2, 0.25) is 0 Å². The van der Waals surface area contributed by atoms with E-state index < -0.39 is 0 Å². The van der Waals surface area contributed by atoms with Gasteiger partial charge in [-0.3, -0.25) is 4.79 Å². The molecule has 0 radical (unpaired) electrons. The summed E-state index contributed by atoms with van der Waals surface area (Å²) >= 11 is 8.56. The molecule has 0 aliphatic carbocycles. The predicted molar refractivity (Wildman–Crippen MR) is 67.5 cm³/mol. The third-order valence-electron chi connectivity index (χ3n) is 2.06. The third kappa shape index (κ3) is 1.55. The summed E-state index contributed by atoms with van der Waals surface area (Å²) in [6.07, 6.45) is 0.906. The number of hydrogen-bond acceptors (Lipinski definition) is 2. The van der Waals surface area contributed by atoms with Crippen LogP contribution in [0.1, 0.15) is 15.9 Å². The minimum Gasteiger partial charge on any atom is -0.298 e. The molecular formula is C10H6Br2OS. The lowest BCUT2D eigenvalue weighted by Crippen LogP contribution is -1.79. The fourth-order valence-electron chi connectivity index (χ4n) is 1.38. The molecule has 0 aliphatic heterocycles. The Morgan fingerprint density at radius 3 is 2.86 bits per heavy atom. The summed E-state index contributed by atoms with van der Waals surface area (Å²) in [5.41, 5.74) is 1.98. The normalized spacial score (nSPS) is 10.7. The zero-order valence-corrected chi connectivity index (χ0v) is 11.1. The second-order valence-electron chi connectivity index (χ2n) is 2.83. The Labute approximate surface area is 102 Å². The highest BCUT2D eigenvalue weighted by atomic mass is 79.9. The number of rotatable bonds is 2. The Morgan fingerprint density at radius 1 is 1.43 bits per heavy atom. The van der Waals surface area contributed by atoms with Crippen molar-refractivity contribution in [2.45, 2.75) is 5.33 Å². The van der Waals surface area contributed by atoms with E-state index in [1.165, 1.54) is 5.56 Å². The molecule has 0 amide bonds. The first kappa shape index (κ1) is 10.3. The predicted octanol–water partition coefficient (Wildman–Crippen LogP) is 4.37. The molecule has 14 heavy (non-hydrogen) atoms. The van der Waals surface area contributed by atoms with Gasteiger partial charge in [0.05, 0.1) is 3.79 Å². The summed E-state index contributed by atoms with van der Waals surface area (Å²) < 4.78 is 2.16. The number of aldehydes is 1. The molecule has 1 aromatic carbocycles. The summed E-state index contributed by atoms with van der Waals surface area (Å²) in [6.45, 7) is 0. The summed E-state index contributed by atoms with van der Waals surface area (Å²) in [4.78, 5) is 10.8. The van der Waals surface area contributed by atoms with Crippen LogP contribution in [0.5, 0.6) is 0 Å². The summed E-state index contributed by atoms with van der Waals surface area (Å²) in [7, 11) is 0. The maximum absolute atomic E-state index is 10.8. The Kier molecular flexibility index (Phi) is 3.04. The lowest BCUT2D eigenvalue weighted by Gasteiger charge is -1.95. The van der Waals surface area contributed by atoms with Gasteiger partial charge < -0.3 is 0 Å². The molecule has 0 saturated carbocycles.